The van der Waals surface area contributed by atoms with Gasteiger partial charge in [0.05, 0.1) is 0 Å². The fraction of sp³-hybridized carbons (Fsp3) is 0.250. The van der Waals surface area contributed by atoms with Crippen molar-refractivity contribution < 1.29 is 4.79 Å². The Bertz CT molecular complexity index is 610. The van der Waals surface area contributed by atoms with E-state index in [1.807, 2.05) is 31.2 Å². The van der Waals surface area contributed by atoms with Gasteiger partial charge >= 0.3 is 0 Å². The van der Waals surface area contributed by atoms with E-state index in [1.54, 1.807) is 4.90 Å². The van der Waals surface area contributed by atoms with Gasteiger partial charge in [-0.2, -0.15) is 0 Å². The van der Waals surface area contributed by atoms with Gasteiger partial charge in [-0.3, -0.25) is 4.79 Å². The van der Waals surface area contributed by atoms with E-state index in [-0.39, 0.29) is 11.9 Å². The standard InChI is InChI=1S/C12H12N4OS/c1-7-6-8-4-2-3-5-9(8)16(7)11(17)10-14-15-12(13)18-10/h2-5,7H,6H2,1H3,(H2,13,15). The van der Waals surface area contributed by atoms with Crippen LogP contribution >= 0.6 is 11.3 Å². The van der Waals surface area contributed by atoms with Gasteiger partial charge in [0.1, 0.15) is 0 Å². The molecular weight excluding hydrogens is 248 g/mol. The van der Waals surface area contributed by atoms with E-state index >= 15 is 0 Å². The smallest absolute Gasteiger partial charge is 0.289 e. The van der Waals surface area contributed by atoms with Crippen molar-refractivity contribution in [3.05, 3.63) is 34.8 Å². The topological polar surface area (TPSA) is 72.1 Å². The highest BCUT2D eigenvalue weighted by atomic mass is 32.1. The van der Waals surface area contributed by atoms with E-state index in [1.165, 1.54) is 5.56 Å². The van der Waals surface area contributed by atoms with Gasteiger partial charge in [0.2, 0.25) is 10.1 Å². The third kappa shape index (κ3) is 1.65. The molecule has 3 rings (SSSR count). The quantitative estimate of drug-likeness (QED) is 0.847. The summed E-state index contributed by atoms with van der Waals surface area (Å²) in [7, 11) is 0. The molecular formula is C12H12N4OS. The van der Waals surface area contributed by atoms with Crippen LogP contribution in [0.4, 0.5) is 10.8 Å². The number of benzene rings is 1. The lowest BCUT2D eigenvalue weighted by Gasteiger charge is -2.21. The number of nitrogen functional groups attached to an aromatic ring is 1. The van der Waals surface area contributed by atoms with Crippen molar-refractivity contribution in [1.82, 2.24) is 10.2 Å². The number of nitrogens with zero attached hydrogens (tertiary/aromatic N) is 3. The number of nitrogens with two attached hydrogens (primary N) is 1. The highest BCUT2D eigenvalue weighted by molar-refractivity contribution is 7.17. The number of para-hydroxylation sites is 1. The van der Waals surface area contributed by atoms with Gasteiger partial charge in [-0.25, -0.2) is 0 Å². The number of fused-ring (bicyclic) bond motifs is 1. The zero-order chi connectivity index (χ0) is 12.7. The second-order valence-corrected chi connectivity index (χ2v) is 5.31. The number of amides is 1. The van der Waals surface area contributed by atoms with Gasteiger partial charge in [0.25, 0.3) is 5.91 Å². The lowest BCUT2D eigenvalue weighted by atomic mass is 10.1. The highest BCUT2D eigenvalue weighted by Gasteiger charge is 2.32. The molecule has 1 amide bonds. The second kappa shape index (κ2) is 4.06. The minimum Gasteiger partial charge on any atom is -0.374 e. The van der Waals surface area contributed by atoms with Crippen molar-refractivity contribution in [3.63, 3.8) is 0 Å². The van der Waals surface area contributed by atoms with Gasteiger partial charge in [0, 0.05) is 11.7 Å². The van der Waals surface area contributed by atoms with Crippen molar-refractivity contribution >= 4 is 28.1 Å². The minimum atomic E-state index is -0.123. The lowest BCUT2D eigenvalue weighted by Crippen LogP contribution is -2.35. The average Bonchev–Trinajstić information content (AvgIpc) is 2.91. The molecule has 1 aliphatic rings. The van der Waals surface area contributed by atoms with Crippen LogP contribution in [0.2, 0.25) is 0 Å². The zero-order valence-electron chi connectivity index (χ0n) is 9.83. The first-order valence-electron chi connectivity index (χ1n) is 5.67. The molecule has 1 atom stereocenters. The Morgan fingerprint density at radius 3 is 2.94 bits per heavy atom. The molecule has 0 spiro atoms. The van der Waals surface area contributed by atoms with Crippen LogP contribution in [0.5, 0.6) is 0 Å². The fourth-order valence-electron chi connectivity index (χ4n) is 2.30. The Balaban J connectivity index is 2.00. The summed E-state index contributed by atoms with van der Waals surface area (Å²) in [6, 6.07) is 8.07. The average molecular weight is 260 g/mol. The van der Waals surface area contributed by atoms with Crippen LogP contribution in [-0.2, 0) is 6.42 Å². The van der Waals surface area contributed by atoms with Crippen LogP contribution in [0.1, 0.15) is 22.3 Å². The molecule has 6 heteroatoms. The van der Waals surface area contributed by atoms with E-state index in [4.69, 9.17) is 5.73 Å². The maximum atomic E-state index is 12.4. The van der Waals surface area contributed by atoms with E-state index in [2.05, 4.69) is 10.2 Å². The van der Waals surface area contributed by atoms with Gasteiger partial charge in [-0.15, -0.1) is 10.2 Å². The summed E-state index contributed by atoms with van der Waals surface area (Å²) in [6.07, 6.45) is 0.871. The minimum absolute atomic E-state index is 0.123. The highest BCUT2D eigenvalue weighted by Crippen LogP contribution is 2.33. The predicted molar refractivity (Wildman–Crippen MR) is 70.7 cm³/mol. The Morgan fingerprint density at radius 1 is 1.44 bits per heavy atom. The van der Waals surface area contributed by atoms with Gasteiger partial charge < -0.3 is 10.6 Å². The maximum absolute atomic E-state index is 12.4. The van der Waals surface area contributed by atoms with Crippen molar-refractivity contribution in [1.29, 1.82) is 0 Å². The van der Waals surface area contributed by atoms with Gasteiger partial charge in [-0.05, 0) is 25.0 Å². The van der Waals surface area contributed by atoms with Crippen LogP contribution < -0.4 is 10.6 Å². The van der Waals surface area contributed by atoms with Crippen molar-refractivity contribution in [2.45, 2.75) is 19.4 Å². The molecule has 1 aromatic carbocycles. The molecule has 92 valence electrons. The van der Waals surface area contributed by atoms with Crippen LogP contribution in [0, 0.1) is 0 Å². The third-order valence-corrected chi connectivity index (χ3v) is 3.79. The molecule has 0 saturated carbocycles. The SMILES string of the molecule is CC1Cc2ccccc2N1C(=O)c1nnc(N)s1. The molecule has 2 aromatic rings. The monoisotopic (exact) mass is 260 g/mol. The molecule has 1 aromatic heterocycles. The number of anilines is 2. The zero-order valence-corrected chi connectivity index (χ0v) is 10.6. The molecule has 0 aliphatic carbocycles. The largest absolute Gasteiger partial charge is 0.374 e. The third-order valence-electron chi connectivity index (χ3n) is 3.05. The summed E-state index contributed by atoms with van der Waals surface area (Å²) in [5.41, 5.74) is 7.67. The van der Waals surface area contributed by atoms with Crippen molar-refractivity contribution in [2.75, 3.05) is 10.6 Å². The Hall–Kier alpha value is -1.95. The molecule has 5 nitrogen and oxygen atoms in total. The number of hydrogen-bond acceptors (Lipinski definition) is 5. The molecule has 2 N–H and O–H groups in total. The van der Waals surface area contributed by atoms with E-state index in [0.29, 0.717) is 10.1 Å². The normalized spacial score (nSPS) is 17.8. The summed E-state index contributed by atoms with van der Waals surface area (Å²) >= 11 is 1.12. The van der Waals surface area contributed by atoms with Crippen LogP contribution in [0.3, 0.4) is 0 Å². The number of aromatic nitrogens is 2. The number of carbonyl (C=O) groups is 1. The fourth-order valence-corrected chi connectivity index (χ4v) is 2.85. The van der Waals surface area contributed by atoms with Crippen molar-refractivity contribution in [3.8, 4) is 0 Å². The summed E-state index contributed by atoms with van der Waals surface area (Å²) in [5, 5.41) is 8.17. The van der Waals surface area contributed by atoms with Gasteiger partial charge in [0.15, 0.2) is 0 Å². The summed E-state index contributed by atoms with van der Waals surface area (Å²) < 4.78 is 0. The summed E-state index contributed by atoms with van der Waals surface area (Å²) in [4.78, 5) is 14.2. The molecule has 1 aliphatic heterocycles. The molecule has 18 heavy (non-hydrogen) atoms. The Kier molecular flexibility index (Phi) is 2.52. The molecule has 0 saturated heterocycles. The van der Waals surface area contributed by atoms with Crippen LogP contribution in [-0.4, -0.2) is 22.1 Å². The first-order valence-corrected chi connectivity index (χ1v) is 6.49. The number of carbonyl (C=O) groups excluding carboxylic acids is 1. The molecule has 1 unspecified atom stereocenters. The predicted octanol–water partition coefficient (Wildman–Crippen LogP) is 1.71. The molecule has 0 bridgehead atoms. The summed E-state index contributed by atoms with van der Waals surface area (Å²) in [6.45, 7) is 2.03. The summed E-state index contributed by atoms with van der Waals surface area (Å²) in [5.74, 6) is -0.123. The Labute approximate surface area is 108 Å². The van der Waals surface area contributed by atoms with Gasteiger partial charge in [-0.1, -0.05) is 29.5 Å². The first kappa shape index (κ1) is 11.2. The second-order valence-electron chi connectivity index (χ2n) is 4.30. The van der Waals surface area contributed by atoms with Crippen LogP contribution in [0.15, 0.2) is 24.3 Å². The Morgan fingerprint density at radius 2 is 2.22 bits per heavy atom. The van der Waals surface area contributed by atoms with E-state index in [9.17, 15) is 4.79 Å². The number of hydrogen-bond donors (Lipinski definition) is 1. The van der Waals surface area contributed by atoms with Crippen LogP contribution in [0.25, 0.3) is 0 Å². The van der Waals surface area contributed by atoms with Crippen molar-refractivity contribution in [2.24, 2.45) is 0 Å². The maximum Gasteiger partial charge on any atom is 0.289 e. The van der Waals surface area contributed by atoms with E-state index in [0.717, 1.165) is 23.4 Å². The first-order chi connectivity index (χ1) is 8.66. The molecule has 0 radical (unpaired) electrons. The van der Waals surface area contributed by atoms with E-state index < -0.39 is 0 Å². The molecule has 0 fully saturated rings. The lowest BCUT2D eigenvalue weighted by molar-refractivity contribution is 0.0980. The number of rotatable bonds is 1. The molecule has 2 heterocycles.